The number of rotatable bonds is 3. The van der Waals surface area contributed by atoms with E-state index in [0.717, 1.165) is 0 Å². The summed E-state index contributed by atoms with van der Waals surface area (Å²) < 4.78 is 12.8. The van der Waals surface area contributed by atoms with Gasteiger partial charge in [-0.2, -0.15) is 5.10 Å². The average Bonchev–Trinajstić information content (AvgIpc) is 2.47. The maximum absolute atomic E-state index is 12.8. The molecule has 2 rings (SSSR count). The molecule has 108 valence electrons. The maximum atomic E-state index is 12.8. The van der Waals surface area contributed by atoms with Crippen molar-refractivity contribution in [1.82, 2.24) is 5.43 Å². The summed E-state index contributed by atoms with van der Waals surface area (Å²) >= 11 is 11.9. The molecular formula is C15H11Cl2FN2O. The molecule has 0 spiro atoms. The van der Waals surface area contributed by atoms with Crippen molar-refractivity contribution in [1.29, 1.82) is 0 Å². The number of halogens is 3. The topological polar surface area (TPSA) is 41.5 Å². The van der Waals surface area contributed by atoms with Crippen LogP contribution in [0.4, 0.5) is 4.39 Å². The van der Waals surface area contributed by atoms with E-state index in [1.807, 2.05) is 0 Å². The molecule has 0 saturated heterocycles. The average molecular weight is 325 g/mol. The van der Waals surface area contributed by atoms with E-state index in [9.17, 15) is 9.18 Å². The third-order valence-electron chi connectivity index (χ3n) is 2.75. The summed E-state index contributed by atoms with van der Waals surface area (Å²) in [4.78, 5) is 11.8. The Kier molecular flexibility index (Phi) is 4.94. The lowest BCUT2D eigenvalue weighted by Gasteiger charge is -2.05. The van der Waals surface area contributed by atoms with Gasteiger partial charge >= 0.3 is 0 Å². The van der Waals surface area contributed by atoms with Crippen LogP contribution in [0.25, 0.3) is 0 Å². The van der Waals surface area contributed by atoms with Gasteiger partial charge in [-0.15, -0.1) is 0 Å². The molecule has 0 unspecified atom stereocenters. The Morgan fingerprint density at radius 3 is 2.48 bits per heavy atom. The van der Waals surface area contributed by atoms with Crippen LogP contribution in [0, 0.1) is 5.82 Å². The van der Waals surface area contributed by atoms with Crippen LogP contribution in [-0.4, -0.2) is 11.6 Å². The van der Waals surface area contributed by atoms with Crippen molar-refractivity contribution in [3.8, 4) is 0 Å². The number of amides is 1. The fourth-order valence-electron chi connectivity index (χ4n) is 1.64. The Labute approximate surface area is 131 Å². The number of carbonyl (C=O) groups excluding carboxylic acids is 1. The summed E-state index contributed by atoms with van der Waals surface area (Å²) in [7, 11) is 0. The van der Waals surface area contributed by atoms with Gasteiger partial charge in [0.15, 0.2) is 0 Å². The minimum absolute atomic E-state index is 0.310. The van der Waals surface area contributed by atoms with Gasteiger partial charge in [0.05, 0.1) is 5.71 Å². The maximum Gasteiger partial charge on any atom is 0.271 e. The molecule has 0 aromatic heterocycles. The van der Waals surface area contributed by atoms with E-state index in [-0.39, 0.29) is 0 Å². The van der Waals surface area contributed by atoms with Gasteiger partial charge in [-0.1, -0.05) is 23.2 Å². The first-order valence-corrected chi connectivity index (χ1v) is 6.78. The zero-order valence-electron chi connectivity index (χ0n) is 11.0. The van der Waals surface area contributed by atoms with E-state index in [2.05, 4.69) is 10.5 Å². The molecular weight excluding hydrogens is 314 g/mol. The van der Waals surface area contributed by atoms with Crippen LogP contribution in [0.1, 0.15) is 22.8 Å². The molecule has 0 bridgehead atoms. The van der Waals surface area contributed by atoms with Crippen LogP contribution in [0.5, 0.6) is 0 Å². The first kappa shape index (κ1) is 15.5. The molecule has 0 aliphatic rings. The molecule has 2 aromatic carbocycles. The molecule has 0 aliphatic carbocycles. The number of nitrogens with one attached hydrogen (secondary N) is 1. The van der Waals surface area contributed by atoms with Crippen LogP contribution in [0.15, 0.2) is 47.6 Å². The lowest BCUT2D eigenvalue weighted by Crippen LogP contribution is -2.19. The van der Waals surface area contributed by atoms with Crippen LogP contribution in [0.2, 0.25) is 10.0 Å². The number of carbonyl (C=O) groups is 1. The Balaban J connectivity index is 2.14. The van der Waals surface area contributed by atoms with Crippen molar-refractivity contribution in [2.24, 2.45) is 5.10 Å². The molecule has 0 aliphatic heterocycles. The predicted octanol–water partition coefficient (Wildman–Crippen LogP) is 4.29. The van der Waals surface area contributed by atoms with Crippen molar-refractivity contribution in [3.05, 3.63) is 69.5 Å². The smallest absolute Gasteiger partial charge is 0.267 e. The highest BCUT2D eigenvalue weighted by molar-refractivity contribution is 6.36. The van der Waals surface area contributed by atoms with Crippen LogP contribution in [-0.2, 0) is 0 Å². The molecule has 0 saturated carbocycles. The largest absolute Gasteiger partial charge is 0.271 e. The van der Waals surface area contributed by atoms with E-state index in [1.165, 1.54) is 24.3 Å². The van der Waals surface area contributed by atoms with Gasteiger partial charge in [0.2, 0.25) is 0 Å². The summed E-state index contributed by atoms with van der Waals surface area (Å²) in [6, 6.07) is 10.1. The Bertz CT molecular complexity index is 699. The fourth-order valence-corrected chi connectivity index (χ4v) is 2.06. The zero-order valence-corrected chi connectivity index (χ0v) is 12.5. The SMILES string of the molecule is C/C(=N/NC(=O)c1ccc(F)cc1)c1cc(Cl)ccc1Cl. The van der Waals surface area contributed by atoms with Crippen molar-refractivity contribution < 1.29 is 9.18 Å². The standard InChI is InChI=1S/C15H11Cl2FN2O/c1-9(13-8-11(16)4-7-14(13)17)19-20-15(21)10-2-5-12(18)6-3-10/h2-8H,1H3,(H,20,21)/b19-9-. The zero-order chi connectivity index (χ0) is 15.4. The Morgan fingerprint density at radius 1 is 1.14 bits per heavy atom. The monoisotopic (exact) mass is 324 g/mol. The van der Waals surface area contributed by atoms with Gasteiger partial charge in [0.25, 0.3) is 5.91 Å². The molecule has 21 heavy (non-hydrogen) atoms. The summed E-state index contributed by atoms with van der Waals surface area (Å²) in [5.41, 5.74) is 3.84. The molecule has 0 heterocycles. The van der Waals surface area contributed by atoms with Crippen molar-refractivity contribution in [3.63, 3.8) is 0 Å². The third-order valence-corrected chi connectivity index (χ3v) is 3.31. The highest BCUT2D eigenvalue weighted by Gasteiger charge is 2.07. The van der Waals surface area contributed by atoms with Crippen molar-refractivity contribution in [2.45, 2.75) is 6.92 Å². The lowest BCUT2D eigenvalue weighted by atomic mass is 10.1. The molecule has 3 nitrogen and oxygen atoms in total. The summed E-state index contributed by atoms with van der Waals surface area (Å²) in [6.45, 7) is 1.70. The molecule has 6 heteroatoms. The lowest BCUT2D eigenvalue weighted by molar-refractivity contribution is 0.0955. The van der Waals surface area contributed by atoms with E-state index in [0.29, 0.717) is 26.9 Å². The quantitative estimate of drug-likeness (QED) is 0.664. The highest BCUT2D eigenvalue weighted by atomic mass is 35.5. The molecule has 1 amide bonds. The number of hydrogen-bond acceptors (Lipinski definition) is 2. The minimum Gasteiger partial charge on any atom is -0.267 e. The van der Waals surface area contributed by atoms with Crippen molar-refractivity contribution in [2.75, 3.05) is 0 Å². The predicted molar refractivity (Wildman–Crippen MR) is 82.5 cm³/mol. The molecule has 0 atom stereocenters. The van der Waals surface area contributed by atoms with Gasteiger partial charge in [0, 0.05) is 21.2 Å². The Morgan fingerprint density at radius 2 is 1.81 bits per heavy atom. The van der Waals surface area contributed by atoms with Gasteiger partial charge in [-0.25, -0.2) is 9.82 Å². The van der Waals surface area contributed by atoms with Gasteiger partial charge in [-0.3, -0.25) is 4.79 Å². The number of hydrogen-bond donors (Lipinski definition) is 1. The van der Waals surface area contributed by atoms with E-state index in [1.54, 1.807) is 25.1 Å². The minimum atomic E-state index is -0.437. The molecule has 0 fully saturated rings. The first-order chi connectivity index (χ1) is 9.97. The van der Waals surface area contributed by atoms with Gasteiger partial charge in [0.1, 0.15) is 5.82 Å². The second-order valence-electron chi connectivity index (χ2n) is 4.27. The molecule has 0 radical (unpaired) electrons. The van der Waals surface area contributed by atoms with E-state index in [4.69, 9.17) is 23.2 Å². The summed E-state index contributed by atoms with van der Waals surface area (Å²) in [6.07, 6.45) is 0. The number of nitrogens with zero attached hydrogens (tertiary/aromatic N) is 1. The van der Waals surface area contributed by atoms with Crippen LogP contribution < -0.4 is 5.43 Å². The summed E-state index contributed by atoms with van der Waals surface area (Å²) in [5, 5.41) is 4.98. The summed E-state index contributed by atoms with van der Waals surface area (Å²) in [5.74, 6) is -0.843. The molecule has 2 aromatic rings. The first-order valence-electron chi connectivity index (χ1n) is 6.03. The number of benzene rings is 2. The van der Waals surface area contributed by atoms with Crippen LogP contribution in [0.3, 0.4) is 0 Å². The van der Waals surface area contributed by atoms with Gasteiger partial charge in [-0.05, 0) is 49.4 Å². The Hall–Kier alpha value is -1.91. The van der Waals surface area contributed by atoms with E-state index >= 15 is 0 Å². The second kappa shape index (κ2) is 6.70. The van der Waals surface area contributed by atoms with Crippen molar-refractivity contribution >= 4 is 34.8 Å². The fraction of sp³-hybridized carbons (Fsp3) is 0.0667. The second-order valence-corrected chi connectivity index (χ2v) is 5.11. The van der Waals surface area contributed by atoms with E-state index < -0.39 is 11.7 Å². The number of hydrazone groups is 1. The molecule has 1 N–H and O–H groups in total. The van der Waals surface area contributed by atoms with Gasteiger partial charge < -0.3 is 0 Å². The van der Waals surface area contributed by atoms with Crippen LogP contribution >= 0.6 is 23.2 Å². The third kappa shape index (κ3) is 4.03. The normalized spacial score (nSPS) is 11.3. The highest BCUT2D eigenvalue weighted by Crippen LogP contribution is 2.21.